The lowest BCUT2D eigenvalue weighted by molar-refractivity contribution is -0.143. The number of esters is 2. The van der Waals surface area contributed by atoms with E-state index >= 15 is 0 Å². The summed E-state index contributed by atoms with van der Waals surface area (Å²) in [5.74, 6) is -0.728. The Morgan fingerprint density at radius 3 is 2.15 bits per heavy atom. The van der Waals surface area contributed by atoms with Gasteiger partial charge in [-0.25, -0.2) is 0 Å². The van der Waals surface area contributed by atoms with E-state index in [0.717, 1.165) is 0 Å². The van der Waals surface area contributed by atoms with E-state index in [2.05, 4.69) is 13.1 Å². The van der Waals surface area contributed by atoms with Crippen molar-refractivity contribution in [3.8, 4) is 0 Å². The van der Waals surface area contributed by atoms with Crippen molar-refractivity contribution in [1.29, 1.82) is 0 Å². The van der Waals surface area contributed by atoms with Gasteiger partial charge in [0.25, 0.3) is 0 Å². The lowest BCUT2D eigenvalue weighted by atomic mass is 10.1. The van der Waals surface area contributed by atoms with E-state index in [0.29, 0.717) is 0 Å². The lowest BCUT2D eigenvalue weighted by Crippen LogP contribution is -2.46. The fourth-order valence-electron chi connectivity index (χ4n) is 3.34. The maximum Gasteiger partial charge on any atom is 0.322 e. The van der Waals surface area contributed by atoms with Gasteiger partial charge in [-0.3, -0.25) is 9.59 Å². The molecule has 1 aliphatic heterocycles. The Balaban J connectivity index is 3.12. The van der Waals surface area contributed by atoms with Gasteiger partial charge < -0.3 is 19.3 Å². The molecule has 116 valence electrons. The predicted octanol–water partition coefficient (Wildman–Crippen LogP) is 1.23. The summed E-state index contributed by atoms with van der Waals surface area (Å²) in [6.45, 7) is 8.23. The molecule has 0 aliphatic carbocycles. The van der Waals surface area contributed by atoms with Crippen molar-refractivity contribution in [2.24, 2.45) is 5.73 Å². The predicted molar refractivity (Wildman–Crippen MR) is 80.2 cm³/mol. The van der Waals surface area contributed by atoms with E-state index in [1.54, 1.807) is 0 Å². The maximum atomic E-state index is 11.8. The number of methoxy groups -OCH3 is 2. The summed E-state index contributed by atoms with van der Waals surface area (Å²) in [6, 6.07) is -0.745. The van der Waals surface area contributed by atoms with Crippen molar-refractivity contribution in [3.05, 3.63) is 0 Å². The van der Waals surface area contributed by atoms with Crippen molar-refractivity contribution >= 4 is 28.6 Å². The van der Waals surface area contributed by atoms with Crippen LogP contribution in [0.4, 0.5) is 0 Å². The average Bonchev–Trinajstić information content (AvgIpc) is 2.52. The number of hydrogen-bond donors (Lipinski definition) is 1. The zero-order valence-electron chi connectivity index (χ0n) is 13.1. The second-order valence-corrected chi connectivity index (χ2v) is 14.9. The summed E-state index contributed by atoms with van der Waals surface area (Å²) >= 11 is 0. The topological polar surface area (TPSA) is 87.9 Å². The van der Waals surface area contributed by atoms with Crippen LogP contribution in [0.1, 0.15) is 6.42 Å². The Labute approximate surface area is 122 Å². The molecule has 0 saturated carbocycles. The second-order valence-electron chi connectivity index (χ2n) is 6.27. The van der Waals surface area contributed by atoms with Gasteiger partial charge in [-0.2, -0.15) is 0 Å². The number of rotatable bonds is 4. The van der Waals surface area contributed by atoms with Crippen molar-refractivity contribution in [2.45, 2.75) is 49.7 Å². The minimum Gasteiger partial charge on any atom is -0.469 e. The largest absolute Gasteiger partial charge is 0.469 e. The highest BCUT2D eigenvalue weighted by Crippen LogP contribution is 2.53. The molecule has 6 nitrogen and oxygen atoms in total. The van der Waals surface area contributed by atoms with Crippen LogP contribution >= 0.6 is 0 Å². The van der Waals surface area contributed by atoms with E-state index in [9.17, 15) is 9.59 Å². The Hall–Kier alpha value is -0.706. The molecule has 1 fully saturated rings. The lowest BCUT2D eigenvalue weighted by Gasteiger charge is -2.30. The number of nitrogens with two attached hydrogens (primary N) is 1. The monoisotopic (exact) mass is 319 g/mol. The average molecular weight is 320 g/mol. The molecule has 0 aromatic heterocycles. The first-order chi connectivity index (χ1) is 9.06. The second kappa shape index (κ2) is 5.96. The zero-order valence-corrected chi connectivity index (χ0v) is 15.1. The van der Waals surface area contributed by atoms with Crippen LogP contribution in [-0.4, -0.2) is 48.8 Å². The molecule has 1 heterocycles. The molecule has 0 aromatic rings. The van der Waals surface area contributed by atoms with Crippen LogP contribution in [0, 0.1) is 0 Å². The summed E-state index contributed by atoms with van der Waals surface area (Å²) in [5, 5.41) is 0. The minimum atomic E-state index is -2.16. The Bertz CT molecular complexity index is 399. The highest BCUT2D eigenvalue weighted by Gasteiger charge is 2.60. The molecule has 0 radical (unpaired) electrons. The molecule has 3 atom stereocenters. The van der Waals surface area contributed by atoms with E-state index in [4.69, 9.17) is 19.3 Å². The van der Waals surface area contributed by atoms with Crippen LogP contribution in [0.2, 0.25) is 37.3 Å². The smallest absolute Gasteiger partial charge is 0.322 e. The molecular weight excluding hydrogens is 294 g/mol. The van der Waals surface area contributed by atoms with Gasteiger partial charge >= 0.3 is 11.9 Å². The standard InChI is InChI=1S/C12H25NO5Si2/c1-16-9(14)7-8-11(10(13)12(15)17-2)20(5,6)18-19(8,3)4/h8,10-11H,7,13H2,1-6H3/t8-,10-,11+/m0/s1. The summed E-state index contributed by atoms with van der Waals surface area (Å²) < 4.78 is 15.8. The fraction of sp³-hybridized carbons (Fsp3) is 0.833. The number of ether oxygens (including phenoxy) is 2. The Morgan fingerprint density at radius 2 is 1.70 bits per heavy atom. The van der Waals surface area contributed by atoms with Crippen molar-refractivity contribution in [3.63, 3.8) is 0 Å². The zero-order chi connectivity index (χ0) is 15.7. The van der Waals surface area contributed by atoms with Crippen LogP contribution in [0.25, 0.3) is 0 Å². The molecule has 2 N–H and O–H groups in total. The highest BCUT2D eigenvalue weighted by molar-refractivity contribution is 6.92. The summed E-state index contributed by atoms with van der Waals surface area (Å²) in [6.07, 6.45) is 0.252. The first-order valence-corrected chi connectivity index (χ1v) is 12.6. The number of carbonyl (C=O) groups is 2. The van der Waals surface area contributed by atoms with Crippen LogP contribution in [0.15, 0.2) is 0 Å². The third kappa shape index (κ3) is 3.30. The Morgan fingerprint density at radius 1 is 1.15 bits per heavy atom. The van der Waals surface area contributed by atoms with E-state index in [1.165, 1.54) is 14.2 Å². The van der Waals surface area contributed by atoms with Crippen LogP contribution < -0.4 is 5.73 Å². The van der Waals surface area contributed by atoms with E-state index in [-0.39, 0.29) is 23.5 Å². The van der Waals surface area contributed by atoms with Gasteiger partial charge in [0, 0.05) is 12.0 Å². The van der Waals surface area contributed by atoms with Crippen LogP contribution in [-0.2, 0) is 23.2 Å². The van der Waals surface area contributed by atoms with Gasteiger partial charge in [-0.15, -0.1) is 0 Å². The molecule has 0 amide bonds. The fourth-order valence-corrected chi connectivity index (χ4v) is 16.1. The summed E-state index contributed by atoms with van der Waals surface area (Å²) in [5.41, 5.74) is 5.94. The number of carbonyl (C=O) groups excluding carboxylic acids is 2. The van der Waals surface area contributed by atoms with Gasteiger partial charge in [0.15, 0.2) is 16.6 Å². The van der Waals surface area contributed by atoms with Crippen molar-refractivity contribution in [1.82, 2.24) is 0 Å². The molecule has 0 bridgehead atoms. The summed E-state index contributed by atoms with van der Waals surface area (Å²) in [7, 11) is -1.57. The molecule has 1 aliphatic rings. The molecular formula is C12H25NO5Si2. The quantitative estimate of drug-likeness (QED) is 0.619. The first kappa shape index (κ1) is 17.3. The van der Waals surface area contributed by atoms with E-state index in [1.807, 2.05) is 13.1 Å². The van der Waals surface area contributed by atoms with Gasteiger partial charge in [0.2, 0.25) is 0 Å². The van der Waals surface area contributed by atoms with Crippen LogP contribution in [0.5, 0.6) is 0 Å². The van der Waals surface area contributed by atoms with Crippen molar-refractivity contribution in [2.75, 3.05) is 14.2 Å². The molecule has 8 heteroatoms. The third-order valence-electron chi connectivity index (χ3n) is 4.13. The van der Waals surface area contributed by atoms with Gasteiger partial charge in [0.05, 0.1) is 14.2 Å². The number of hydrogen-bond acceptors (Lipinski definition) is 6. The summed E-state index contributed by atoms with van der Waals surface area (Å²) in [4.78, 5) is 23.5. The SMILES string of the molecule is COC(=O)C[C@H]1[C@H]([C@H](N)C(=O)OC)[Si](C)(C)O[Si]1(C)C. The van der Waals surface area contributed by atoms with E-state index < -0.39 is 28.6 Å². The minimum absolute atomic E-state index is 0.0225. The molecule has 20 heavy (non-hydrogen) atoms. The molecule has 1 saturated heterocycles. The molecule has 1 rings (SSSR count). The molecule has 0 spiro atoms. The van der Waals surface area contributed by atoms with Gasteiger partial charge in [0.1, 0.15) is 6.04 Å². The normalized spacial score (nSPS) is 28.8. The molecule has 0 unspecified atom stereocenters. The third-order valence-corrected chi connectivity index (χ3v) is 13.4. The Kier molecular flexibility index (Phi) is 5.17. The van der Waals surface area contributed by atoms with Crippen LogP contribution in [0.3, 0.4) is 0 Å². The van der Waals surface area contributed by atoms with Gasteiger partial charge in [-0.05, 0) is 31.7 Å². The molecule has 0 aromatic carbocycles. The maximum absolute atomic E-state index is 11.8. The van der Waals surface area contributed by atoms with Gasteiger partial charge in [-0.1, -0.05) is 0 Å². The first-order valence-electron chi connectivity index (χ1n) is 6.67. The highest BCUT2D eigenvalue weighted by atomic mass is 28.4. The van der Waals surface area contributed by atoms with Crippen molar-refractivity contribution < 1.29 is 23.2 Å².